The van der Waals surface area contributed by atoms with Crippen LogP contribution in [0.5, 0.6) is 0 Å². The Morgan fingerprint density at radius 2 is 2.06 bits per heavy atom. The molecule has 0 spiro atoms. The summed E-state index contributed by atoms with van der Waals surface area (Å²) in [5.74, 6) is 0. The van der Waals surface area contributed by atoms with Gasteiger partial charge in [-0.15, -0.1) is 0 Å². The van der Waals surface area contributed by atoms with E-state index in [9.17, 15) is 4.79 Å². The van der Waals surface area contributed by atoms with Gasteiger partial charge in [0.05, 0.1) is 0 Å². The van der Waals surface area contributed by atoms with Crippen LogP contribution in [0.4, 0.5) is 4.79 Å². The first-order valence-electron chi connectivity index (χ1n) is 6.71. The van der Waals surface area contributed by atoms with Crippen molar-refractivity contribution in [3.8, 4) is 0 Å². The summed E-state index contributed by atoms with van der Waals surface area (Å²) in [5, 5.41) is 0. The highest BCUT2D eigenvalue weighted by Crippen LogP contribution is 2.26. The van der Waals surface area contributed by atoms with Crippen molar-refractivity contribution in [1.82, 2.24) is 4.90 Å². The van der Waals surface area contributed by atoms with E-state index in [2.05, 4.69) is 13.8 Å². The number of likely N-dealkylation sites (tertiary alicyclic amines) is 1. The Balaban J connectivity index is 1.91. The molecule has 0 saturated carbocycles. The Morgan fingerprint density at radius 3 is 2.72 bits per heavy atom. The normalized spacial score (nSPS) is 23.1. The molecule has 3 nitrogen and oxygen atoms in total. The zero-order valence-corrected chi connectivity index (χ0v) is 11.1. The van der Waals surface area contributed by atoms with Gasteiger partial charge in [0.2, 0.25) is 0 Å². The van der Waals surface area contributed by atoms with Crippen LogP contribution in [0.3, 0.4) is 0 Å². The maximum absolute atomic E-state index is 12.1. The van der Waals surface area contributed by atoms with Crippen LogP contribution in [0, 0.1) is 0 Å². The summed E-state index contributed by atoms with van der Waals surface area (Å²) >= 11 is 0. The third kappa shape index (κ3) is 2.84. The van der Waals surface area contributed by atoms with Gasteiger partial charge in [-0.1, -0.05) is 37.3 Å². The van der Waals surface area contributed by atoms with Crippen molar-refractivity contribution >= 4 is 6.09 Å². The molecule has 1 fully saturated rings. The second-order valence-corrected chi connectivity index (χ2v) is 4.94. The molecule has 1 saturated heterocycles. The lowest BCUT2D eigenvalue weighted by molar-refractivity contribution is 0.0801. The second kappa shape index (κ2) is 5.89. The number of hydrogen-bond acceptors (Lipinski definition) is 2. The van der Waals surface area contributed by atoms with Gasteiger partial charge in [-0.3, -0.25) is 0 Å². The van der Waals surface area contributed by atoms with Crippen LogP contribution >= 0.6 is 0 Å². The maximum Gasteiger partial charge on any atom is 0.410 e. The van der Waals surface area contributed by atoms with Crippen molar-refractivity contribution in [2.75, 3.05) is 0 Å². The highest BCUT2D eigenvalue weighted by atomic mass is 16.6. The smallest absolute Gasteiger partial charge is 0.410 e. The van der Waals surface area contributed by atoms with Crippen LogP contribution in [0.15, 0.2) is 30.3 Å². The lowest BCUT2D eigenvalue weighted by Gasteiger charge is -2.27. The van der Waals surface area contributed by atoms with Gasteiger partial charge in [0.25, 0.3) is 0 Å². The van der Waals surface area contributed by atoms with E-state index in [-0.39, 0.29) is 6.09 Å². The highest BCUT2D eigenvalue weighted by molar-refractivity contribution is 5.68. The number of rotatable bonds is 3. The van der Waals surface area contributed by atoms with Crippen molar-refractivity contribution in [2.24, 2.45) is 0 Å². The number of ether oxygens (including phenoxy) is 1. The average molecular weight is 247 g/mol. The van der Waals surface area contributed by atoms with Gasteiger partial charge in [-0.2, -0.15) is 0 Å². The Hall–Kier alpha value is -1.51. The summed E-state index contributed by atoms with van der Waals surface area (Å²) in [5.41, 5.74) is 1.03. The molecule has 0 radical (unpaired) electrons. The molecule has 0 N–H and O–H groups in total. The fourth-order valence-electron chi connectivity index (χ4n) is 2.60. The molecule has 0 aromatic heterocycles. The van der Waals surface area contributed by atoms with Crippen LogP contribution in [-0.4, -0.2) is 23.1 Å². The molecule has 1 heterocycles. The van der Waals surface area contributed by atoms with Crippen LogP contribution < -0.4 is 0 Å². The standard InChI is InChI=1S/C15H21NO2/c1-3-14-10-9-12(2)16(14)15(17)18-11-13-7-5-4-6-8-13/h4-8,12,14H,3,9-11H2,1-2H3. The molecular weight excluding hydrogens is 226 g/mol. The van der Waals surface area contributed by atoms with E-state index in [1.54, 1.807) is 0 Å². The molecular formula is C15H21NO2. The van der Waals surface area contributed by atoms with Gasteiger partial charge < -0.3 is 9.64 Å². The second-order valence-electron chi connectivity index (χ2n) is 4.94. The fraction of sp³-hybridized carbons (Fsp3) is 0.533. The average Bonchev–Trinajstić information content (AvgIpc) is 2.78. The lowest BCUT2D eigenvalue weighted by atomic mass is 10.2. The van der Waals surface area contributed by atoms with E-state index < -0.39 is 0 Å². The number of amides is 1. The zero-order valence-electron chi connectivity index (χ0n) is 11.1. The molecule has 1 aromatic carbocycles. The van der Waals surface area contributed by atoms with Gasteiger partial charge in [0.1, 0.15) is 6.61 Å². The van der Waals surface area contributed by atoms with Gasteiger partial charge >= 0.3 is 6.09 Å². The first-order chi connectivity index (χ1) is 8.72. The Morgan fingerprint density at radius 1 is 1.33 bits per heavy atom. The lowest BCUT2D eigenvalue weighted by Crippen LogP contribution is -2.39. The molecule has 98 valence electrons. The first kappa shape index (κ1) is 12.9. The minimum Gasteiger partial charge on any atom is -0.445 e. The quantitative estimate of drug-likeness (QED) is 0.817. The minimum absolute atomic E-state index is 0.171. The van der Waals surface area contributed by atoms with E-state index in [0.29, 0.717) is 18.7 Å². The van der Waals surface area contributed by atoms with E-state index in [1.807, 2.05) is 35.2 Å². The summed E-state index contributed by atoms with van der Waals surface area (Å²) in [6, 6.07) is 10.5. The Kier molecular flexibility index (Phi) is 4.24. The van der Waals surface area contributed by atoms with Crippen molar-refractivity contribution in [3.63, 3.8) is 0 Å². The third-order valence-corrected chi connectivity index (χ3v) is 3.67. The first-order valence-corrected chi connectivity index (χ1v) is 6.71. The minimum atomic E-state index is -0.171. The van der Waals surface area contributed by atoms with Gasteiger partial charge in [-0.25, -0.2) is 4.79 Å². The molecule has 0 aliphatic carbocycles. The number of carbonyl (C=O) groups is 1. The van der Waals surface area contributed by atoms with E-state index >= 15 is 0 Å². The summed E-state index contributed by atoms with van der Waals surface area (Å²) in [6.07, 6.45) is 3.01. The molecule has 2 atom stereocenters. The Labute approximate surface area is 109 Å². The molecule has 1 aliphatic heterocycles. The van der Waals surface area contributed by atoms with Crippen molar-refractivity contribution in [2.45, 2.75) is 51.8 Å². The van der Waals surface area contributed by atoms with E-state index in [1.165, 1.54) is 0 Å². The molecule has 1 aromatic rings. The van der Waals surface area contributed by atoms with E-state index in [0.717, 1.165) is 24.8 Å². The fourth-order valence-corrected chi connectivity index (χ4v) is 2.60. The van der Waals surface area contributed by atoms with Crippen molar-refractivity contribution in [1.29, 1.82) is 0 Å². The largest absolute Gasteiger partial charge is 0.445 e. The van der Waals surface area contributed by atoms with Gasteiger partial charge in [0, 0.05) is 12.1 Å². The van der Waals surface area contributed by atoms with Crippen LogP contribution in [0.25, 0.3) is 0 Å². The summed E-state index contributed by atoms with van der Waals surface area (Å²) < 4.78 is 5.40. The van der Waals surface area contributed by atoms with Crippen molar-refractivity contribution in [3.05, 3.63) is 35.9 Å². The maximum atomic E-state index is 12.1. The molecule has 1 amide bonds. The van der Waals surface area contributed by atoms with Crippen LogP contribution in [0.1, 0.15) is 38.7 Å². The van der Waals surface area contributed by atoms with Crippen LogP contribution in [-0.2, 0) is 11.3 Å². The predicted octanol–water partition coefficient (Wildman–Crippen LogP) is 3.59. The molecule has 18 heavy (non-hydrogen) atoms. The molecule has 2 unspecified atom stereocenters. The van der Waals surface area contributed by atoms with Gasteiger partial charge in [-0.05, 0) is 31.7 Å². The number of nitrogens with zero attached hydrogens (tertiary/aromatic N) is 1. The van der Waals surface area contributed by atoms with Crippen molar-refractivity contribution < 1.29 is 9.53 Å². The number of carbonyl (C=O) groups excluding carboxylic acids is 1. The highest BCUT2D eigenvalue weighted by Gasteiger charge is 2.34. The van der Waals surface area contributed by atoms with Gasteiger partial charge in [0.15, 0.2) is 0 Å². The third-order valence-electron chi connectivity index (χ3n) is 3.67. The molecule has 3 heteroatoms. The van der Waals surface area contributed by atoms with Crippen LogP contribution in [0.2, 0.25) is 0 Å². The SMILES string of the molecule is CCC1CCC(C)N1C(=O)OCc1ccccc1. The molecule has 0 bridgehead atoms. The molecule has 2 rings (SSSR count). The summed E-state index contributed by atoms with van der Waals surface area (Å²) in [6.45, 7) is 4.58. The topological polar surface area (TPSA) is 29.5 Å². The predicted molar refractivity (Wildman–Crippen MR) is 71.2 cm³/mol. The Bertz CT molecular complexity index is 391. The number of benzene rings is 1. The summed E-state index contributed by atoms with van der Waals surface area (Å²) in [7, 11) is 0. The molecule has 1 aliphatic rings. The number of hydrogen-bond donors (Lipinski definition) is 0. The zero-order chi connectivity index (χ0) is 13.0. The summed E-state index contributed by atoms with van der Waals surface area (Å²) in [4.78, 5) is 14.0. The van der Waals surface area contributed by atoms with E-state index in [4.69, 9.17) is 4.74 Å². The monoisotopic (exact) mass is 247 g/mol.